The number of hydrogen-bond donors (Lipinski definition) is 0. The average Bonchev–Trinajstić information content (AvgIpc) is 2.98. The van der Waals surface area contributed by atoms with Gasteiger partial charge in [-0.05, 0) is 19.1 Å². The minimum Gasteiger partial charge on any atom is -0.329 e. The second kappa shape index (κ2) is 3.78. The molecule has 0 N–H and O–H groups in total. The number of pyridine rings is 1. The van der Waals surface area contributed by atoms with Gasteiger partial charge >= 0.3 is 11.8 Å². The summed E-state index contributed by atoms with van der Waals surface area (Å²) in [5, 5.41) is 7.44. The van der Waals surface area contributed by atoms with Gasteiger partial charge < -0.3 is 9.05 Å². The van der Waals surface area contributed by atoms with E-state index in [1.54, 1.807) is 19.2 Å². The van der Waals surface area contributed by atoms with E-state index < -0.39 is 0 Å². The van der Waals surface area contributed by atoms with Crippen molar-refractivity contribution in [1.29, 1.82) is 0 Å². The second-order valence-electron chi connectivity index (χ2n) is 3.28. The van der Waals surface area contributed by atoms with Crippen LogP contribution in [0.1, 0.15) is 5.82 Å². The maximum atomic E-state index is 5.02. The molecule has 0 aliphatic heterocycles. The fourth-order valence-electron chi connectivity index (χ4n) is 1.29. The number of rotatable bonds is 2. The lowest BCUT2D eigenvalue weighted by Gasteiger charge is -1.88. The summed E-state index contributed by atoms with van der Waals surface area (Å²) >= 11 is 0. The first kappa shape index (κ1) is 9.64. The molecule has 3 aromatic rings. The van der Waals surface area contributed by atoms with Crippen LogP contribution >= 0.6 is 0 Å². The summed E-state index contributed by atoms with van der Waals surface area (Å²) in [7, 11) is 0. The van der Waals surface area contributed by atoms with E-state index >= 15 is 0 Å². The van der Waals surface area contributed by atoms with Crippen molar-refractivity contribution in [2.75, 3.05) is 0 Å². The Morgan fingerprint density at radius 1 is 1.00 bits per heavy atom. The van der Waals surface area contributed by atoms with Crippen molar-refractivity contribution >= 4 is 0 Å². The zero-order valence-electron chi connectivity index (χ0n) is 8.86. The molecule has 0 aromatic carbocycles. The summed E-state index contributed by atoms with van der Waals surface area (Å²) in [5.74, 6) is 1.29. The van der Waals surface area contributed by atoms with Crippen molar-refractivity contribution in [2.45, 2.75) is 6.92 Å². The van der Waals surface area contributed by atoms with E-state index in [4.69, 9.17) is 9.05 Å². The lowest BCUT2D eigenvalue weighted by molar-refractivity contribution is 0.381. The van der Waals surface area contributed by atoms with Gasteiger partial charge in [0.15, 0.2) is 5.82 Å². The van der Waals surface area contributed by atoms with Gasteiger partial charge in [0.05, 0.1) is 0 Å². The Kier molecular flexibility index (Phi) is 2.14. The van der Waals surface area contributed by atoms with E-state index in [9.17, 15) is 0 Å². The number of aryl methyl sites for hydroxylation is 1. The van der Waals surface area contributed by atoms with Crippen LogP contribution in [-0.2, 0) is 0 Å². The van der Waals surface area contributed by atoms with E-state index in [1.807, 2.05) is 12.1 Å². The van der Waals surface area contributed by atoms with Gasteiger partial charge in [0.2, 0.25) is 5.82 Å². The van der Waals surface area contributed by atoms with Gasteiger partial charge in [-0.1, -0.05) is 16.4 Å². The number of hydrogen-bond acceptors (Lipinski definition) is 7. The zero-order valence-corrected chi connectivity index (χ0v) is 8.86. The fourth-order valence-corrected chi connectivity index (χ4v) is 1.29. The fraction of sp³-hybridized carbons (Fsp3) is 0.100. The molecule has 7 nitrogen and oxygen atoms in total. The maximum Gasteiger partial charge on any atom is 0.316 e. The topological polar surface area (TPSA) is 90.7 Å². The molecule has 0 amide bonds. The molecule has 0 saturated heterocycles. The van der Waals surface area contributed by atoms with E-state index in [0.717, 1.165) is 0 Å². The molecule has 3 rings (SSSR count). The molecule has 0 unspecified atom stereocenters. The largest absolute Gasteiger partial charge is 0.329 e. The van der Waals surface area contributed by atoms with E-state index in [0.29, 0.717) is 17.3 Å². The molecule has 0 atom stereocenters. The maximum absolute atomic E-state index is 5.02. The van der Waals surface area contributed by atoms with E-state index in [2.05, 4.69) is 25.3 Å². The summed E-state index contributed by atoms with van der Waals surface area (Å²) in [6, 6.07) is 5.44. The monoisotopic (exact) mass is 229 g/mol. The Morgan fingerprint density at radius 3 is 2.53 bits per heavy atom. The second-order valence-corrected chi connectivity index (χ2v) is 3.28. The molecule has 84 valence electrons. The molecular formula is C10H7N5O2. The number of nitrogens with zero attached hydrogens (tertiary/aromatic N) is 5. The Morgan fingerprint density at radius 2 is 1.82 bits per heavy atom. The minimum absolute atomic E-state index is 0.186. The van der Waals surface area contributed by atoms with Crippen molar-refractivity contribution in [3.05, 3.63) is 30.2 Å². The number of aromatic nitrogens is 5. The summed E-state index contributed by atoms with van der Waals surface area (Å²) in [6.07, 6.45) is 1.65. The predicted octanol–water partition coefficient (Wildman–Crippen LogP) is 1.49. The smallest absolute Gasteiger partial charge is 0.316 e. The average molecular weight is 229 g/mol. The normalized spacial score (nSPS) is 10.6. The molecule has 0 aliphatic carbocycles. The van der Waals surface area contributed by atoms with Gasteiger partial charge in [-0.15, -0.1) is 0 Å². The minimum atomic E-state index is 0.186. The highest BCUT2D eigenvalue weighted by Gasteiger charge is 2.16. The summed E-state index contributed by atoms with van der Waals surface area (Å²) in [5.41, 5.74) is 0.624. The molecular weight excluding hydrogens is 222 g/mol. The molecule has 0 spiro atoms. The third-order valence-electron chi connectivity index (χ3n) is 2.03. The van der Waals surface area contributed by atoms with Crippen molar-refractivity contribution < 1.29 is 9.05 Å². The van der Waals surface area contributed by atoms with E-state index in [1.165, 1.54) is 0 Å². The quantitative estimate of drug-likeness (QED) is 0.657. The standard InChI is InChI=1S/C10H7N5O2/c1-6-12-9(16-14-6)10-13-8(15-17-10)7-4-2-3-5-11-7/h2-5H,1H3. The third kappa shape index (κ3) is 1.78. The molecule has 7 heteroatoms. The molecule has 0 fully saturated rings. The Balaban J connectivity index is 1.99. The van der Waals surface area contributed by atoms with Crippen LogP contribution in [0, 0.1) is 6.92 Å². The third-order valence-corrected chi connectivity index (χ3v) is 2.03. The lowest BCUT2D eigenvalue weighted by Crippen LogP contribution is -1.84. The Hall–Kier alpha value is -2.57. The molecule has 0 radical (unpaired) electrons. The van der Waals surface area contributed by atoms with Gasteiger partial charge in [0, 0.05) is 6.20 Å². The van der Waals surface area contributed by atoms with Crippen LogP contribution in [0.15, 0.2) is 33.4 Å². The summed E-state index contributed by atoms with van der Waals surface area (Å²) in [4.78, 5) is 12.2. The molecule has 0 bridgehead atoms. The van der Waals surface area contributed by atoms with Crippen LogP contribution in [0.3, 0.4) is 0 Å². The van der Waals surface area contributed by atoms with Crippen LogP contribution in [-0.4, -0.2) is 25.3 Å². The van der Waals surface area contributed by atoms with Crippen LogP contribution in [0.4, 0.5) is 0 Å². The molecule has 0 aliphatic rings. The molecule has 17 heavy (non-hydrogen) atoms. The van der Waals surface area contributed by atoms with Crippen LogP contribution in [0.2, 0.25) is 0 Å². The molecule has 3 heterocycles. The highest BCUT2D eigenvalue weighted by molar-refractivity contribution is 5.50. The van der Waals surface area contributed by atoms with E-state index in [-0.39, 0.29) is 11.8 Å². The van der Waals surface area contributed by atoms with Gasteiger partial charge in [0.1, 0.15) is 5.69 Å². The van der Waals surface area contributed by atoms with Crippen molar-refractivity contribution in [2.24, 2.45) is 0 Å². The van der Waals surface area contributed by atoms with Crippen LogP contribution in [0.25, 0.3) is 23.3 Å². The van der Waals surface area contributed by atoms with Gasteiger partial charge in [0.25, 0.3) is 0 Å². The van der Waals surface area contributed by atoms with Crippen molar-refractivity contribution in [3.63, 3.8) is 0 Å². The molecule has 0 saturated carbocycles. The zero-order chi connectivity index (χ0) is 11.7. The summed E-state index contributed by atoms with van der Waals surface area (Å²) < 4.78 is 9.94. The lowest BCUT2D eigenvalue weighted by atomic mass is 10.3. The Bertz CT molecular complexity index is 631. The van der Waals surface area contributed by atoms with Crippen LogP contribution < -0.4 is 0 Å². The highest BCUT2D eigenvalue weighted by atomic mass is 16.5. The molecule has 3 aromatic heterocycles. The van der Waals surface area contributed by atoms with Crippen LogP contribution in [0.5, 0.6) is 0 Å². The first-order chi connectivity index (χ1) is 8.33. The van der Waals surface area contributed by atoms with Gasteiger partial charge in [-0.25, -0.2) is 0 Å². The SMILES string of the molecule is Cc1noc(-c2nc(-c3ccccn3)no2)n1. The first-order valence-electron chi connectivity index (χ1n) is 4.89. The van der Waals surface area contributed by atoms with Gasteiger partial charge in [-0.3, -0.25) is 4.98 Å². The first-order valence-corrected chi connectivity index (χ1v) is 4.89. The predicted molar refractivity (Wildman–Crippen MR) is 55.6 cm³/mol. The van der Waals surface area contributed by atoms with Crippen molar-refractivity contribution in [3.8, 4) is 23.3 Å². The Labute approximate surface area is 95.5 Å². The van der Waals surface area contributed by atoms with Crippen molar-refractivity contribution in [1.82, 2.24) is 25.3 Å². The van der Waals surface area contributed by atoms with Gasteiger partial charge in [-0.2, -0.15) is 9.97 Å². The summed E-state index contributed by atoms with van der Waals surface area (Å²) in [6.45, 7) is 1.71. The highest BCUT2D eigenvalue weighted by Crippen LogP contribution is 2.18.